The summed E-state index contributed by atoms with van der Waals surface area (Å²) >= 11 is 18.8. The molecule has 0 unspecified atom stereocenters. The van der Waals surface area contributed by atoms with Crippen molar-refractivity contribution in [3.8, 4) is 0 Å². The molecule has 1 N–H and O–H groups in total. The zero-order valence-corrected chi connectivity index (χ0v) is 20.2. The minimum Gasteiger partial charge on any atom is -0.368 e. The fraction of sp³-hybridized carbons (Fsp3) is 0.192. The third-order valence-electron chi connectivity index (χ3n) is 5.58. The molecule has 33 heavy (non-hydrogen) atoms. The van der Waals surface area contributed by atoms with E-state index in [2.05, 4.69) is 21.2 Å². The second-order valence-corrected chi connectivity index (χ2v) is 9.15. The first-order chi connectivity index (χ1) is 16.0. The van der Waals surface area contributed by atoms with Gasteiger partial charge in [0.05, 0.1) is 10.7 Å². The summed E-state index contributed by atoms with van der Waals surface area (Å²) in [5.74, 6) is -0.220. The van der Waals surface area contributed by atoms with Gasteiger partial charge in [-0.25, -0.2) is 0 Å². The van der Waals surface area contributed by atoms with Gasteiger partial charge in [0.2, 0.25) is 5.91 Å². The molecule has 1 heterocycles. The molecule has 0 atom stereocenters. The van der Waals surface area contributed by atoms with Crippen LogP contribution >= 0.6 is 34.8 Å². The molecule has 4 rings (SSSR count). The number of anilines is 2. The second-order valence-electron chi connectivity index (χ2n) is 7.89. The van der Waals surface area contributed by atoms with Crippen molar-refractivity contribution < 1.29 is 4.79 Å². The molecule has 170 valence electrons. The largest absolute Gasteiger partial charge is 0.368 e. The lowest BCUT2D eigenvalue weighted by atomic mass is 10.2. The number of rotatable bonds is 6. The quantitative estimate of drug-likeness (QED) is 0.386. The summed E-state index contributed by atoms with van der Waals surface area (Å²) in [7, 11) is 0. The van der Waals surface area contributed by atoms with E-state index in [0.717, 1.165) is 54.6 Å². The highest BCUT2D eigenvalue weighted by atomic mass is 35.5. The maximum atomic E-state index is 12.3. The van der Waals surface area contributed by atoms with Crippen LogP contribution in [-0.4, -0.2) is 37.0 Å². The van der Waals surface area contributed by atoms with E-state index in [9.17, 15) is 4.79 Å². The van der Waals surface area contributed by atoms with E-state index < -0.39 is 0 Å². The average Bonchev–Trinajstić information content (AvgIpc) is 2.81. The van der Waals surface area contributed by atoms with Crippen molar-refractivity contribution in [3.63, 3.8) is 0 Å². The molecule has 0 saturated carbocycles. The predicted molar refractivity (Wildman–Crippen MR) is 140 cm³/mol. The fourth-order valence-corrected chi connectivity index (χ4v) is 4.41. The van der Waals surface area contributed by atoms with Crippen LogP contribution in [-0.2, 0) is 11.3 Å². The van der Waals surface area contributed by atoms with Crippen molar-refractivity contribution >= 4 is 58.2 Å². The minimum atomic E-state index is -0.220. The van der Waals surface area contributed by atoms with Crippen LogP contribution in [0.4, 0.5) is 11.4 Å². The maximum Gasteiger partial charge on any atom is 0.248 e. The molecule has 1 amide bonds. The van der Waals surface area contributed by atoms with Gasteiger partial charge < -0.3 is 10.2 Å². The van der Waals surface area contributed by atoms with Gasteiger partial charge in [0.15, 0.2) is 0 Å². The third-order valence-corrected chi connectivity index (χ3v) is 6.50. The van der Waals surface area contributed by atoms with Gasteiger partial charge >= 0.3 is 0 Å². The van der Waals surface area contributed by atoms with Gasteiger partial charge in [0.25, 0.3) is 0 Å². The highest BCUT2D eigenvalue weighted by Gasteiger charge is 2.20. The SMILES string of the molecule is O=C(C=Cc1ccc(Cl)cc1)Nc1ccc(N2CCN(Cc3ccccc3Cl)CC2)c(Cl)c1. The monoisotopic (exact) mass is 499 g/mol. The van der Waals surface area contributed by atoms with E-state index in [1.807, 2.05) is 42.5 Å². The van der Waals surface area contributed by atoms with E-state index in [1.165, 1.54) is 6.08 Å². The Kier molecular flexibility index (Phi) is 7.94. The number of piperazine rings is 1. The molecule has 3 aromatic carbocycles. The van der Waals surface area contributed by atoms with Crippen LogP contribution in [0.2, 0.25) is 15.1 Å². The Balaban J connectivity index is 1.31. The topological polar surface area (TPSA) is 35.6 Å². The molecule has 0 spiro atoms. The number of nitrogens with zero attached hydrogens (tertiary/aromatic N) is 2. The molecular weight excluding hydrogens is 477 g/mol. The summed E-state index contributed by atoms with van der Waals surface area (Å²) in [5.41, 5.74) is 3.68. The number of halogens is 3. The molecule has 1 aliphatic rings. The molecular formula is C26H24Cl3N3O. The zero-order valence-electron chi connectivity index (χ0n) is 18.0. The van der Waals surface area contributed by atoms with Gasteiger partial charge in [0.1, 0.15) is 0 Å². The lowest BCUT2D eigenvalue weighted by Crippen LogP contribution is -2.46. The molecule has 7 heteroatoms. The first-order valence-corrected chi connectivity index (χ1v) is 11.9. The normalized spacial score (nSPS) is 14.6. The van der Waals surface area contributed by atoms with Gasteiger partial charge in [-0.1, -0.05) is 65.1 Å². The smallest absolute Gasteiger partial charge is 0.248 e. The number of benzene rings is 3. The highest BCUT2D eigenvalue weighted by molar-refractivity contribution is 6.33. The molecule has 4 nitrogen and oxygen atoms in total. The van der Waals surface area contributed by atoms with E-state index >= 15 is 0 Å². The van der Waals surface area contributed by atoms with Gasteiger partial charge in [-0.15, -0.1) is 0 Å². The van der Waals surface area contributed by atoms with Crippen molar-refractivity contribution in [1.82, 2.24) is 4.90 Å². The number of hydrogen-bond donors (Lipinski definition) is 1. The van der Waals surface area contributed by atoms with Crippen molar-refractivity contribution in [2.24, 2.45) is 0 Å². The summed E-state index contributed by atoms with van der Waals surface area (Å²) in [6, 6.07) is 20.9. The van der Waals surface area contributed by atoms with Crippen molar-refractivity contribution in [3.05, 3.63) is 99.0 Å². The Morgan fingerprint density at radius 1 is 0.879 bits per heavy atom. The number of amides is 1. The van der Waals surface area contributed by atoms with Crippen LogP contribution in [0.3, 0.4) is 0 Å². The predicted octanol–water partition coefficient (Wildman–Crippen LogP) is 6.62. The van der Waals surface area contributed by atoms with Gasteiger partial charge in [-0.2, -0.15) is 0 Å². The van der Waals surface area contributed by atoms with Crippen LogP contribution in [0.25, 0.3) is 6.08 Å². The average molecular weight is 501 g/mol. The molecule has 1 aliphatic heterocycles. The summed E-state index contributed by atoms with van der Waals surface area (Å²) in [5, 5.41) is 4.95. The molecule has 0 bridgehead atoms. The Morgan fingerprint density at radius 2 is 1.61 bits per heavy atom. The first kappa shape index (κ1) is 23.7. The molecule has 0 aliphatic carbocycles. The molecule has 0 radical (unpaired) electrons. The van der Waals surface area contributed by atoms with Crippen molar-refractivity contribution in [2.75, 3.05) is 36.4 Å². The maximum absolute atomic E-state index is 12.3. The van der Waals surface area contributed by atoms with Gasteiger partial charge in [0, 0.05) is 54.5 Å². The Hall–Kier alpha value is -2.50. The standard InChI is InChI=1S/C26H24Cl3N3O/c27-21-8-5-19(6-9-21)7-12-26(33)30-22-10-11-25(24(29)17-22)32-15-13-31(14-16-32)18-20-3-1-2-4-23(20)28/h1-12,17H,13-16,18H2,(H,30,33). The summed E-state index contributed by atoms with van der Waals surface area (Å²) in [6.07, 6.45) is 3.23. The van der Waals surface area contributed by atoms with E-state index in [-0.39, 0.29) is 5.91 Å². The van der Waals surface area contributed by atoms with Crippen LogP contribution in [0.15, 0.2) is 72.8 Å². The molecule has 3 aromatic rings. The van der Waals surface area contributed by atoms with E-state index in [1.54, 1.807) is 24.3 Å². The number of hydrogen-bond acceptors (Lipinski definition) is 3. The summed E-state index contributed by atoms with van der Waals surface area (Å²) in [4.78, 5) is 16.9. The Bertz CT molecular complexity index is 1140. The lowest BCUT2D eigenvalue weighted by molar-refractivity contribution is -0.111. The first-order valence-electron chi connectivity index (χ1n) is 10.7. The lowest BCUT2D eigenvalue weighted by Gasteiger charge is -2.36. The molecule has 1 saturated heterocycles. The van der Waals surface area contributed by atoms with Crippen LogP contribution < -0.4 is 10.2 Å². The molecule has 0 aromatic heterocycles. The molecule has 1 fully saturated rings. The van der Waals surface area contributed by atoms with Crippen LogP contribution in [0.5, 0.6) is 0 Å². The Labute approximate surface area is 209 Å². The van der Waals surface area contributed by atoms with Crippen LogP contribution in [0.1, 0.15) is 11.1 Å². The minimum absolute atomic E-state index is 0.220. The second kappa shape index (κ2) is 11.1. The number of carbonyl (C=O) groups is 1. The van der Waals surface area contributed by atoms with Gasteiger partial charge in [-0.05, 0) is 53.6 Å². The summed E-state index contributed by atoms with van der Waals surface area (Å²) in [6.45, 7) is 4.44. The van der Waals surface area contributed by atoms with E-state index in [0.29, 0.717) is 15.7 Å². The fourth-order valence-electron chi connectivity index (χ4n) is 3.79. The third kappa shape index (κ3) is 6.52. The van der Waals surface area contributed by atoms with Crippen molar-refractivity contribution in [2.45, 2.75) is 6.54 Å². The number of carbonyl (C=O) groups excluding carboxylic acids is 1. The Morgan fingerprint density at radius 3 is 2.30 bits per heavy atom. The zero-order chi connectivity index (χ0) is 23.2. The summed E-state index contributed by atoms with van der Waals surface area (Å²) < 4.78 is 0. The van der Waals surface area contributed by atoms with E-state index in [4.69, 9.17) is 34.8 Å². The van der Waals surface area contributed by atoms with Crippen molar-refractivity contribution in [1.29, 1.82) is 0 Å². The van der Waals surface area contributed by atoms with Gasteiger partial charge in [-0.3, -0.25) is 9.69 Å². The highest BCUT2D eigenvalue weighted by Crippen LogP contribution is 2.30. The number of nitrogens with one attached hydrogen (secondary N) is 1. The van der Waals surface area contributed by atoms with Crippen LogP contribution in [0, 0.1) is 0 Å².